The highest BCUT2D eigenvalue weighted by molar-refractivity contribution is 9.12. The highest BCUT2D eigenvalue weighted by Gasteiger charge is 2.66. The van der Waals surface area contributed by atoms with Gasteiger partial charge in [0.25, 0.3) is 0 Å². The van der Waals surface area contributed by atoms with Crippen molar-refractivity contribution in [3.63, 3.8) is 0 Å². The Morgan fingerprint density at radius 1 is 1.02 bits per heavy atom. The quantitative estimate of drug-likeness (QED) is 0.313. The molecule has 49 heavy (non-hydrogen) atoms. The van der Waals surface area contributed by atoms with Crippen LogP contribution in [0.15, 0.2) is 52.5 Å². The monoisotopic (exact) mass is 749 g/mol. The Morgan fingerprint density at radius 2 is 1.84 bits per heavy atom. The molecule has 8 heterocycles. The Labute approximate surface area is 295 Å². The number of fused-ring (bicyclic) bond motifs is 6. The lowest BCUT2D eigenvalue weighted by Crippen LogP contribution is -2.82. The molecule has 5 atom stereocenters. The molecule has 0 saturated carbocycles. The van der Waals surface area contributed by atoms with Crippen molar-refractivity contribution >= 4 is 97.3 Å². The summed E-state index contributed by atoms with van der Waals surface area (Å²) in [4.78, 5) is 51.7. The van der Waals surface area contributed by atoms with Gasteiger partial charge in [0.2, 0.25) is 5.75 Å². The lowest BCUT2D eigenvalue weighted by Gasteiger charge is -2.56. The van der Waals surface area contributed by atoms with Crippen LogP contribution in [0.1, 0.15) is 36.8 Å². The zero-order valence-corrected chi connectivity index (χ0v) is 29.0. The number of aromatic hydroxyl groups is 2. The molecule has 13 heteroatoms. The summed E-state index contributed by atoms with van der Waals surface area (Å²) >= 11 is 6.90. The zero-order valence-electron chi connectivity index (χ0n) is 25.8. The first kappa shape index (κ1) is 28.0. The Hall–Kier alpha value is -3.78. The average Bonchev–Trinajstić information content (AvgIpc) is 3.80. The lowest BCUT2D eigenvalue weighted by atomic mass is 9.63. The number of benzene rings is 2. The number of aliphatic imine (C=N–C) groups is 2. The molecule has 242 valence electrons. The van der Waals surface area contributed by atoms with E-state index in [1.165, 1.54) is 0 Å². The number of hydrogen-bond acceptors (Lipinski definition) is 11. The third-order valence-corrected chi connectivity index (χ3v) is 15.8. The molecule has 12 rings (SSSR count). The van der Waals surface area contributed by atoms with Crippen LogP contribution in [0.3, 0.4) is 0 Å². The topological polar surface area (TPSA) is 144 Å². The van der Waals surface area contributed by atoms with E-state index >= 15 is 0 Å². The summed E-state index contributed by atoms with van der Waals surface area (Å²) < 4.78 is 0.482. The molecule has 10 aliphatic rings. The van der Waals surface area contributed by atoms with Crippen molar-refractivity contribution in [2.24, 2.45) is 20.0 Å². The summed E-state index contributed by atoms with van der Waals surface area (Å²) in [5, 5.41) is 28.4. The van der Waals surface area contributed by atoms with Crippen molar-refractivity contribution < 1.29 is 25.1 Å². The number of ketones is 2. The number of anilines is 1. The Morgan fingerprint density at radius 3 is 2.69 bits per heavy atom. The average molecular weight is 751 g/mol. The fraction of sp³-hybridized carbons (Fsp3) is 0.333. The third kappa shape index (κ3) is 3.07. The SMILES string of the molecule is O=C1C=C(S[C@H]2[C@@H]3C(=O)C=C4S[C@H]5CC42c2c4c6c(c(O)c2=N5)N=CC=6CCN43)C2(C=C1Br)CC[NH2+]c1c(O)c3c4c(c12)=NCCC=4C=N3. The van der Waals surface area contributed by atoms with Crippen LogP contribution in [-0.4, -0.2) is 70.5 Å². The molecule has 8 aliphatic heterocycles. The normalized spacial score (nSPS) is 32.6. The number of nitrogens with two attached hydrogens (primary N) is 1. The van der Waals surface area contributed by atoms with Crippen LogP contribution in [0.2, 0.25) is 0 Å². The van der Waals surface area contributed by atoms with Crippen LogP contribution >= 0.6 is 39.5 Å². The van der Waals surface area contributed by atoms with Crippen molar-refractivity contribution in [3.8, 4) is 11.5 Å². The van der Waals surface area contributed by atoms with Crippen LogP contribution in [0, 0.1) is 0 Å². The standard InChI is InChI=1S/C36H25BrN6O4S2/c37-15-9-35(3-5-39-28-23(35)25-21-13(1-4-38-25)11-40-26(21)32(28)46)18(7-16(15)44)49-34-30-17(45)8-19-36(34)10-20(48-19)42-29-24(36)31-22-14(2-6-43(30)31)12-41-27(22)33(29)47/h7-9,11-12,20,30,34,39,46-47H,1-6,10H2/p+1/t20-,30-,34-,35?,36?/m0/s1. The molecule has 10 nitrogen and oxygen atoms in total. The Kier molecular flexibility index (Phi) is 5.09. The van der Waals surface area contributed by atoms with Gasteiger partial charge in [-0.3, -0.25) is 29.6 Å². The van der Waals surface area contributed by atoms with E-state index in [1.807, 2.05) is 24.6 Å². The van der Waals surface area contributed by atoms with Gasteiger partial charge < -0.3 is 20.4 Å². The molecule has 2 spiro atoms. The number of halogens is 1. The van der Waals surface area contributed by atoms with Gasteiger partial charge in [-0.2, -0.15) is 0 Å². The van der Waals surface area contributed by atoms with E-state index in [0.717, 1.165) is 78.5 Å². The van der Waals surface area contributed by atoms with E-state index in [-0.39, 0.29) is 33.7 Å². The van der Waals surface area contributed by atoms with Gasteiger partial charge in [-0.05, 0) is 58.5 Å². The van der Waals surface area contributed by atoms with Crippen molar-refractivity contribution in [1.82, 2.24) is 0 Å². The van der Waals surface area contributed by atoms with Crippen molar-refractivity contribution in [2.45, 2.75) is 53.2 Å². The van der Waals surface area contributed by atoms with Gasteiger partial charge in [-0.15, -0.1) is 23.5 Å². The lowest BCUT2D eigenvalue weighted by molar-refractivity contribution is -0.578. The van der Waals surface area contributed by atoms with Crippen LogP contribution in [0.5, 0.6) is 11.5 Å². The summed E-state index contributed by atoms with van der Waals surface area (Å²) in [5.41, 5.74) is 5.63. The van der Waals surface area contributed by atoms with E-state index in [1.54, 1.807) is 29.6 Å². The van der Waals surface area contributed by atoms with Crippen molar-refractivity contribution in [3.05, 3.63) is 64.8 Å². The van der Waals surface area contributed by atoms with E-state index in [2.05, 4.69) is 36.1 Å². The molecule has 3 bridgehead atoms. The molecule has 2 aromatic rings. The van der Waals surface area contributed by atoms with E-state index in [9.17, 15) is 19.8 Å². The molecule has 0 radical (unpaired) electrons. The van der Waals surface area contributed by atoms with E-state index in [0.29, 0.717) is 47.3 Å². The van der Waals surface area contributed by atoms with Gasteiger partial charge >= 0.3 is 0 Å². The maximum Gasteiger partial charge on any atom is 0.204 e. The molecule has 2 unspecified atom stereocenters. The first-order valence-electron chi connectivity index (χ1n) is 16.7. The van der Waals surface area contributed by atoms with Gasteiger partial charge in [0.05, 0.1) is 38.3 Å². The van der Waals surface area contributed by atoms with Crippen LogP contribution in [0.25, 0.3) is 11.1 Å². The molecular weight excluding hydrogens is 724 g/mol. The molecule has 1 saturated heterocycles. The highest BCUT2D eigenvalue weighted by Crippen LogP contribution is 2.67. The number of quaternary nitrogens is 1. The molecule has 4 N–H and O–H groups in total. The molecule has 1 fully saturated rings. The Bertz CT molecular complexity index is 2590. The Balaban J connectivity index is 1.13. The largest absolute Gasteiger partial charge is 0.504 e. The van der Waals surface area contributed by atoms with E-state index in [4.69, 9.17) is 9.98 Å². The minimum Gasteiger partial charge on any atom is -0.504 e. The molecule has 2 aliphatic carbocycles. The number of phenolic OH excluding ortho intramolecular Hbond substituents is 2. The first-order valence-corrected chi connectivity index (χ1v) is 19.2. The summed E-state index contributed by atoms with van der Waals surface area (Å²) in [6, 6.07) is -0.468. The van der Waals surface area contributed by atoms with Crippen LogP contribution < -0.4 is 31.4 Å². The number of rotatable bonds is 2. The second-order valence-electron chi connectivity index (χ2n) is 14.3. The number of thioether (sulfide) groups is 2. The van der Waals surface area contributed by atoms with Crippen molar-refractivity contribution in [2.75, 3.05) is 24.5 Å². The minimum atomic E-state index is -0.769. The summed E-state index contributed by atoms with van der Waals surface area (Å²) in [6.45, 7) is 1.96. The minimum absolute atomic E-state index is 0.0670. The number of allylic oxidation sites excluding steroid dienone is 5. The first-order chi connectivity index (χ1) is 23.8. The van der Waals surface area contributed by atoms with Crippen LogP contribution in [0.4, 0.5) is 22.7 Å². The molecule has 2 aromatic carbocycles. The molecular formula is C36H26BrN6O4S2+. The third-order valence-electron chi connectivity index (χ3n) is 12.2. The van der Waals surface area contributed by atoms with Crippen LogP contribution in [-0.2, 0) is 20.4 Å². The fourth-order valence-corrected chi connectivity index (χ4v) is 14.3. The maximum atomic E-state index is 14.4. The second kappa shape index (κ2) is 8.92. The number of carbonyl (C=O) groups is 2. The van der Waals surface area contributed by atoms with Gasteiger partial charge in [-0.1, -0.05) is 6.08 Å². The second-order valence-corrected chi connectivity index (χ2v) is 17.6. The summed E-state index contributed by atoms with van der Waals surface area (Å²) in [7, 11) is 0. The number of phenols is 2. The number of hydrogen-bond donors (Lipinski definition) is 3. The molecule has 0 amide bonds. The zero-order chi connectivity index (χ0) is 32.7. The predicted molar refractivity (Wildman–Crippen MR) is 191 cm³/mol. The molecule has 0 aromatic heterocycles. The smallest absolute Gasteiger partial charge is 0.204 e. The van der Waals surface area contributed by atoms with Gasteiger partial charge in [0.15, 0.2) is 23.0 Å². The van der Waals surface area contributed by atoms with Gasteiger partial charge in [0, 0.05) is 63.2 Å². The van der Waals surface area contributed by atoms with Crippen molar-refractivity contribution in [1.29, 1.82) is 0 Å². The van der Waals surface area contributed by atoms with Gasteiger partial charge in [-0.25, -0.2) is 0 Å². The number of nitrogens with zero attached hydrogens (tertiary/aromatic N) is 5. The van der Waals surface area contributed by atoms with E-state index < -0.39 is 16.9 Å². The number of carbonyl (C=O) groups excluding carboxylic acids is 2. The fourth-order valence-electron chi connectivity index (χ4n) is 10.3. The highest BCUT2D eigenvalue weighted by atomic mass is 79.9. The summed E-state index contributed by atoms with van der Waals surface area (Å²) in [6.07, 6.45) is 12.2. The maximum absolute atomic E-state index is 14.4. The van der Waals surface area contributed by atoms with Gasteiger partial charge in [0.1, 0.15) is 28.1 Å². The summed E-state index contributed by atoms with van der Waals surface area (Å²) in [5.74, 6) is 0.228. The predicted octanol–water partition coefficient (Wildman–Crippen LogP) is 1.63.